The largest absolute Gasteiger partial charge is 0.370 e. The summed E-state index contributed by atoms with van der Waals surface area (Å²) in [6, 6.07) is 19.2. The number of hydrogen-bond donors (Lipinski definition) is 11. The van der Waals surface area contributed by atoms with Crippen molar-refractivity contribution in [3.05, 3.63) is 108 Å². The second kappa shape index (κ2) is 27.3. The fourth-order valence-corrected chi connectivity index (χ4v) is 8.15. The third-order valence-corrected chi connectivity index (χ3v) is 12.0. The van der Waals surface area contributed by atoms with Gasteiger partial charge in [0.25, 0.3) is 0 Å². The highest BCUT2D eigenvalue weighted by atomic mass is 16.2. The van der Waals surface area contributed by atoms with E-state index in [2.05, 4.69) is 47.2 Å². The number of hydrogen-bond acceptors (Lipinski definition) is 9. The van der Waals surface area contributed by atoms with Crippen molar-refractivity contribution in [2.45, 2.75) is 114 Å². The lowest BCUT2D eigenvalue weighted by atomic mass is 9.91. The Balaban J connectivity index is 1.51. The zero-order chi connectivity index (χ0) is 50.4. The molecule has 0 spiro atoms. The standard InChI is InChI=1S/C50H66N12O8/c1-2-3-20-42(63)59-40-28-44(65)57-30-41(45(51)66)62-49(70)39(27-34-29-56-36-18-11-10-17-35(34)36)61-47(68)37(19-12-24-55-50(52)53)60-48(69)38(26-31-13-6-4-7-14-31)58-43(64)22-21-33(23-25-54-46(40)67)32-15-8-5-9-16-32/h4-11,13-18,29,33,37-41,56H,2-3,12,19-28,30H2,1H3,(H2,51,66)(H,54,67)(H,57,65)(H,58,64)(H,59,63)(H,60,69)(H,61,68)(H,62,70)(H4,52,53,55)/t33-,37-,38?,39-,40-,41-/m0/s1. The molecular formula is C50H66N12O8. The van der Waals surface area contributed by atoms with Crippen LogP contribution in [0.3, 0.4) is 0 Å². The zero-order valence-electron chi connectivity index (χ0n) is 39.5. The van der Waals surface area contributed by atoms with E-state index in [1.54, 1.807) is 18.3 Å². The maximum absolute atomic E-state index is 14.5. The molecule has 0 bridgehead atoms. The molecule has 1 aliphatic rings. The lowest BCUT2D eigenvalue weighted by Gasteiger charge is -2.27. The molecule has 1 saturated heterocycles. The van der Waals surface area contributed by atoms with Crippen LogP contribution in [0.5, 0.6) is 0 Å². The van der Waals surface area contributed by atoms with Crippen LogP contribution in [0, 0.1) is 0 Å². The number of rotatable bonds is 14. The number of nitrogens with zero attached hydrogens (tertiary/aromatic N) is 1. The Kier molecular flexibility index (Phi) is 20.7. The molecule has 14 N–H and O–H groups in total. The predicted molar refractivity (Wildman–Crippen MR) is 264 cm³/mol. The first kappa shape index (κ1) is 53.2. The van der Waals surface area contributed by atoms with E-state index in [1.807, 2.05) is 79.7 Å². The first-order chi connectivity index (χ1) is 33.7. The summed E-state index contributed by atoms with van der Waals surface area (Å²) in [6.07, 6.45) is 3.46. The van der Waals surface area contributed by atoms with Crippen LogP contribution in [0.1, 0.15) is 87.3 Å². The highest BCUT2D eigenvalue weighted by molar-refractivity contribution is 5.97. The maximum atomic E-state index is 14.5. The molecular weight excluding hydrogens is 897 g/mol. The number of aromatic nitrogens is 1. The number of nitrogens with one attached hydrogen (secondary N) is 8. The number of carbonyl (C=O) groups excluding carboxylic acids is 8. The molecule has 1 aromatic heterocycles. The van der Waals surface area contributed by atoms with Gasteiger partial charge in [0.15, 0.2) is 5.96 Å². The minimum atomic E-state index is -1.50. The molecule has 70 heavy (non-hydrogen) atoms. The van der Waals surface area contributed by atoms with Crippen LogP contribution < -0.4 is 54.4 Å². The molecule has 1 aliphatic heterocycles. The Labute approximate surface area is 406 Å². The van der Waals surface area contributed by atoms with Crippen molar-refractivity contribution in [2.75, 3.05) is 19.6 Å². The molecule has 0 aliphatic carbocycles. The Morgan fingerprint density at radius 2 is 1.36 bits per heavy atom. The Hall–Kier alpha value is -7.77. The molecule has 3 aromatic carbocycles. The van der Waals surface area contributed by atoms with E-state index in [0.29, 0.717) is 24.8 Å². The highest BCUT2D eigenvalue weighted by Crippen LogP contribution is 2.25. The summed E-state index contributed by atoms with van der Waals surface area (Å²) in [6.45, 7) is 1.64. The molecule has 1 unspecified atom stereocenters. The number of fused-ring (bicyclic) bond motifs is 1. The average Bonchev–Trinajstić information content (AvgIpc) is 3.75. The van der Waals surface area contributed by atoms with Crippen molar-refractivity contribution >= 4 is 64.1 Å². The van der Waals surface area contributed by atoms with Gasteiger partial charge in [0.1, 0.15) is 30.2 Å². The molecule has 5 rings (SSSR count). The summed E-state index contributed by atoms with van der Waals surface area (Å²) in [4.78, 5) is 117. The van der Waals surface area contributed by atoms with Crippen molar-refractivity contribution in [2.24, 2.45) is 22.2 Å². The summed E-state index contributed by atoms with van der Waals surface area (Å²) in [5.74, 6) is -5.94. The third kappa shape index (κ3) is 17.1. The first-order valence-electron chi connectivity index (χ1n) is 23.7. The summed E-state index contributed by atoms with van der Waals surface area (Å²) >= 11 is 0. The number of carbonyl (C=O) groups is 8. The van der Waals surface area contributed by atoms with Crippen molar-refractivity contribution in [1.29, 1.82) is 0 Å². The minimum Gasteiger partial charge on any atom is -0.370 e. The molecule has 6 atom stereocenters. The van der Waals surface area contributed by atoms with Crippen LogP contribution in [0.15, 0.2) is 96.1 Å². The Bertz CT molecular complexity index is 2440. The number of guanidine groups is 1. The van der Waals surface area contributed by atoms with Gasteiger partial charge in [-0.3, -0.25) is 43.3 Å². The molecule has 1 fully saturated rings. The number of unbranched alkanes of at least 4 members (excludes halogenated alkanes) is 1. The number of aromatic amines is 1. The number of amides is 8. The molecule has 20 heteroatoms. The second-order valence-corrected chi connectivity index (χ2v) is 17.4. The van der Waals surface area contributed by atoms with Gasteiger partial charge in [0, 0.05) is 62.4 Å². The zero-order valence-corrected chi connectivity index (χ0v) is 39.5. The van der Waals surface area contributed by atoms with Gasteiger partial charge in [0.05, 0.1) is 6.42 Å². The van der Waals surface area contributed by atoms with Crippen molar-refractivity contribution in [1.82, 2.24) is 42.2 Å². The van der Waals surface area contributed by atoms with Crippen LogP contribution >= 0.6 is 0 Å². The fraction of sp³-hybridized carbons (Fsp3) is 0.420. The number of benzene rings is 3. The van der Waals surface area contributed by atoms with E-state index >= 15 is 0 Å². The number of primary amides is 1. The Morgan fingerprint density at radius 1 is 0.700 bits per heavy atom. The quantitative estimate of drug-likeness (QED) is 0.0477. The van der Waals surface area contributed by atoms with E-state index in [1.165, 1.54) is 0 Å². The highest BCUT2D eigenvalue weighted by Gasteiger charge is 2.33. The number of para-hydroxylation sites is 1. The lowest BCUT2D eigenvalue weighted by molar-refractivity contribution is -0.134. The van der Waals surface area contributed by atoms with E-state index in [-0.39, 0.29) is 63.5 Å². The molecule has 374 valence electrons. The van der Waals surface area contributed by atoms with E-state index in [4.69, 9.17) is 17.2 Å². The molecule has 2 heterocycles. The second-order valence-electron chi connectivity index (χ2n) is 17.4. The van der Waals surface area contributed by atoms with E-state index in [9.17, 15) is 38.4 Å². The Morgan fingerprint density at radius 3 is 2.07 bits per heavy atom. The van der Waals surface area contributed by atoms with Gasteiger partial charge in [-0.2, -0.15) is 0 Å². The van der Waals surface area contributed by atoms with E-state index < -0.39 is 90.4 Å². The van der Waals surface area contributed by atoms with Crippen LogP contribution in [-0.2, 0) is 51.2 Å². The van der Waals surface area contributed by atoms with Gasteiger partial charge >= 0.3 is 0 Å². The average molecular weight is 963 g/mol. The summed E-state index contributed by atoms with van der Waals surface area (Å²) in [5.41, 5.74) is 19.9. The fourth-order valence-electron chi connectivity index (χ4n) is 8.15. The van der Waals surface area contributed by atoms with Crippen LogP contribution in [0.25, 0.3) is 10.9 Å². The van der Waals surface area contributed by atoms with Crippen molar-refractivity contribution < 1.29 is 38.4 Å². The number of nitrogens with two attached hydrogens (primary N) is 3. The molecule has 4 aromatic rings. The number of aliphatic imine (C=N–C) groups is 1. The smallest absolute Gasteiger partial charge is 0.243 e. The predicted octanol–water partition coefficient (Wildman–Crippen LogP) is 0.696. The van der Waals surface area contributed by atoms with Gasteiger partial charge in [-0.25, -0.2) is 0 Å². The summed E-state index contributed by atoms with van der Waals surface area (Å²) < 4.78 is 0. The molecule has 8 amide bonds. The van der Waals surface area contributed by atoms with E-state index in [0.717, 1.165) is 28.5 Å². The van der Waals surface area contributed by atoms with Crippen LogP contribution in [-0.4, -0.2) is 108 Å². The summed E-state index contributed by atoms with van der Waals surface area (Å²) in [5, 5.41) is 19.8. The van der Waals surface area contributed by atoms with Gasteiger partial charge in [-0.05, 0) is 60.8 Å². The topological polar surface area (TPSA) is 327 Å². The number of H-pyrrole nitrogens is 1. The van der Waals surface area contributed by atoms with Crippen molar-refractivity contribution in [3.8, 4) is 0 Å². The lowest BCUT2D eigenvalue weighted by Crippen LogP contribution is -2.60. The van der Waals surface area contributed by atoms with Crippen LogP contribution in [0.2, 0.25) is 0 Å². The first-order valence-corrected chi connectivity index (χ1v) is 23.7. The molecule has 0 radical (unpaired) electrons. The van der Waals surface area contributed by atoms with Crippen LogP contribution in [0.4, 0.5) is 0 Å². The monoisotopic (exact) mass is 963 g/mol. The van der Waals surface area contributed by atoms with Gasteiger partial charge in [0.2, 0.25) is 47.3 Å². The SMILES string of the molecule is CCCCC(=O)N[C@H]1CC(=O)NC[C@@H](C(N)=O)NC(=O)[C@H](Cc2c[nH]c3ccccc23)NC(=O)[C@H](CCCN=C(N)N)NC(=O)C(Cc2ccccc2)NC(=O)CC[C@H](c2ccccc2)CCNC1=O. The van der Waals surface area contributed by atoms with Gasteiger partial charge < -0.3 is 59.4 Å². The molecule has 20 nitrogen and oxygen atoms in total. The minimum absolute atomic E-state index is 0.00701. The molecule has 0 saturated carbocycles. The third-order valence-electron chi connectivity index (χ3n) is 12.0. The van der Waals surface area contributed by atoms with Crippen molar-refractivity contribution in [3.63, 3.8) is 0 Å². The van der Waals surface area contributed by atoms with Gasteiger partial charge in [-0.1, -0.05) is 92.2 Å². The summed E-state index contributed by atoms with van der Waals surface area (Å²) in [7, 11) is 0. The van der Waals surface area contributed by atoms with Gasteiger partial charge in [-0.15, -0.1) is 0 Å². The maximum Gasteiger partial charge on any atom is 0.243 e. The normalized spacial score (nSPS) is 21.6.